The summed E-state index contributed by atoms with van der Waals surface area (Å²) in [6, 6.07) is 40.5. The number of nitrogens with one attached hydrogen (secondary N) is 3. The normalized spacial score (nSPS) is 16.7. The van der Waals surface area contributed by atoms with Gasteiger partial charge in [-0.3, -0.25) is 14.4 Å². The molecule has 0 unspecified atom stereocenters. The van der Waals surface area contributed by atoms with Crippen LogP contribution in [0.25, 0.3) is 11.1 Å². The van der Waals surface area contributed by atoms with E-state index in [9.17, 15) is 24.3 Å². The predicted molar refractivity (Wildman–Crippen MR) is 243 cm³/mol. The van der Waals surface area contributed by atoms with Crippen molar-refractivity contribution in [1.82, 2.24) is 20.9 Å². The van der Waals surface area contributed by atoms with E-state index in [4.69, 9.17) is 5.73 Å². The Morgan fingerprint density at radius 1 is 0.677 bits per heavy atom. The molecule has 6 N–H and O–H groups in total. The summed E-state index contributed by atoms with van der Waals surface area (Å²) < 4.78 is 0. The molecule has 5 aromatic carbocycles. The van der Waals surface area contributed by atoms with Crippen LogP contribution in [0.3, 0.4) is 0 Å². The molecule has 2 aliphatic rings. The average molecular weight is 834 g/mol. The molecule has 0 bridgehead atoms. The number of hydrogen-bond acceptors (Lipinski definition) is 6. The molecule has 0 radical (unpaired) electrons. The fourth-order valence-corrected chi connectivity index (χ4v) is 8.93. The molecule has 0 aromatic heterocycles. The SMILES string of the molecule is N[C@@H](Cc1ccc(C(=O)NCCc2ccc(-c3ccccc3)cc2)cc1)C(=O)N1Cc2ccccc2C[C@H]1CN[C@@H](CC1CCCCC1)C(=O)N[C@@H](Cc1ccccc1)C(=O)O. The predicted octanol–water partition coefficient (Wildman–Crippen LogP) is 6.89. The first kappa shape index (κ1) is 44.0. The quantitative estimate of drug-likeness (QED) is 0.0645. The van der Waals surface area contributed by atoms with Crippen LogP contribution in [0.2, 0.25) is 0 Å². The zero-order valence-corrected chi connectivity index (χ0v) is 35.4. The molecule has 10 nitrogen and oxygen atoms in total. The number of fused-ring (bicyclic) bond motifs is 1. The van der Waals surface area contributed by atoms with Gasteiger partial charge in [-0.1, -0.05) is 153 Å². The van der Waals surface area contributed by atoms with Crippen LogP contribution in [0.1, 0.15) is 76.7 Å². The maximum absolute atomic E-state index is 14.3. The molecule has 1 saturated carbocycles. The third-order valence-electron chi connectivity index (χ3n) is 12.5. The number of carboxylic acids is 1. The fourth-order valence-electron chi connectivity index (χ4n) is 8.93. The van der Waals surface area contributed by atoms with Gasteiger partial charge in [0.15, 0.2) is 0 Å². The Labute approximate surface area is 365 Å². The number of amides is 3. The average Bonchev–Trinajstić information content (AvgIpc) is 3.31. The van der Waals surface area contributed by atoms with Crippen molar-refractivity contribution in [2.24, 2.45) is 11.7 Å². The summed E-state index contributed by atoms with van der Waals surface area (Å²) >= 11 is 0. The minimum Gasteiger partial charge on any atom is -0.480 e. The highest BCUT2D eigenvalue weighted by atomic mass is 16.4. The highest BCUT2D eigenvalue weighted by molar-refractivity contribution is 5.94. The smallest absolute Gasteiger partial charge is 0.326 e. The van der Waals surface area contributed by atoms with Crippen molar-refractivity contribution in [2.45, 2.75) is 94.9 Å². The molecule has 1 heterocycles. The van der Waals surface area contributed by atoms with Crippen LogP contribution in [-0.4, -0.2) is 71.0 Å². The van der Waals surface area contributed by atoms with Gasteiger partial charge >= 0.3 is 5.97 Å². The van der Waals surface area contributed by atoms with Gasteiger partial charge in [-0.05, 0) is 82.7 Å². The van der Waals surface area contributed by atoms with Gasteiger partial charge in [0.2, 0.25) is 11.8 Å². The van der Waals surface area contributed by atoms with Crippen LogP contribution in [0.5, 0.6) is 0 Å². The lowest BCUT2D eigenvalue weighted by Gasteiger charge is -2.39. The van der Waals surface area contributed by atoms with Gasteiger partial charge in [0.1, 0.15) is 6.04 Å². The van der Waals surface area contributed by atoms with Crippen molar-refractivity contribution < 1.29 is 24.3 Å². The van der Waals surface area contributed by atoms with Crippen molar-refractivity contribution >= 4 is 23.7 Å². The Morgan fingerprint density at radius 2 is 1.29 bits per heavy atom. The van der Waals surface area contributed by atoms with Crippen LogP contribution in [-0.2, 0) is 46.6 Å². The molecule has 1 aliphatic carbocycles. The highest BCUT2D eigenvalue weighted by Crippen LogP contribution is 2.29. The minimum absolute atomic E-state index is 0.162. The summed E-state index contributed by atoms with van der Waals surface area (Å²) in [6.45, 7) is 1.24. The number of rotatable bonds is 18. The lowest BCUT2D eigenvalue weighted by Crippen LogP contribution is -2.57. The summed E-state index contributed by atoms with van der Waals surface area (Å²) in [6.07, 6.45) is 7.85. The van der Waals surface area contributed by atoms with Crippen molar-refractivity contribution in [3.63, 3.8) is 0 Å². The zero-order valence-electron chi connectivity index (χ0n) is 35.4. The Kier molecular flexibility index (Phi) is 15.3. The number of nitrogens with two attached hydrogens (primary N) is 1. The second-order valence-electron chi connectivity index (χ2n) is 17.0. The number of benzene rings is 5. The monoisotopic (exact) mass is 833 g/mol. The molecule has 1 aliphatic heterocycles. The van der Waals surface area contributed by atoms with E-state index >= 15 is 0 Å². The molecule has 0 spiro atoms. The van der Waals surface area contributed by atoms with Crippen molar-refractivity contribution in [2.75, 3.05) is 13.1 Å². The maximum atomic E-state index is 14.3. The number of carbonyl (C=O) groups is 4. The van der Waals surface area contributed by atoms with Crippen LogP contribution < -0.4 is 21.7 Å². The molecular formula is C52H59N5O5. The topological polar surface area (TPSA) is 154 Å². The fraction of sp³-hybridized carbons (Fsp3) is 0.346. The molecule has 3 amide bonds. The van der Waals surface area contributed by atoms with Crippen molar-refractivity contribution in [3.8, 4) is 11.1 Å². The molecule has 62 heavy (non-hydrogen) atoms. The number of hydrogen-bond donors (Lipinski definition) is 5. The third kappa shape index (κ3) is 12.0. The Morgan fingerprint density at radius 3 is 1.98 bits per heavy atom. The second kappa shape index (κ2) is 21.6. The molecule has 4 atom stereocenters. The molecule has 0 saturated heterocycles. The Bertz CT molecular complexity index is 2240. The van der Waals surface area contributed by atoms with Crippen LogP contribution in [0, 0.1) is 5.92 Å². The zero-order chi connectivity index (χ0) is 43.3. The first-order valence-electron chi connectivity index (χ1n) is 22.1. The third-order valence-corrected chi connectivity index (χ3v) is 12.5. The first-order chi connectivity index (χ1) is 30.2. The van der Waals surface area contributed by atoms with Crippen LogP contribution in [0.4, 0.5) is 0 Å². The maximum Gasteiger partial charge on any atom is 0.326 e. The van der Waals surface area contributed by atoms with E-state index in [1.165, 1.54) is 12.0 Å². The number of carbonyl (C=O) groups excluding carboxylic acids is 3. The molecule has 10 heteroatoms. The van der Waals surface area contributed by atoms with Gasteiger partial charge in [-0.2, -0.15) is 0 Å². The minimum atomic E-state index is -1.08. The van der Waals surface area contributed by atoms with Gasteiger partial charge in [0, 0.05) is 37.7 Å². The summed E-state index contributed by atoms with van der Waals surface area (Å²) in [5.41, 5.74) is 14.6. The number of nitrogens with zero attached hydrogens (tertiary/aromatic N) is 1. The van der Waals surface area contributed by atoms with Crippen LogP contribution >= 0.6 is 0 Å². The largest absolute Gasteiger partial charge is 0.480 e. The van der Waals surface area contributed by atoms with Gasteiger partial charge < -0.3 is 31.7 Å². The second-order valence-corrected chi connectivity index (χ2v) is 17.0. The highest BCUT2D eigenvalue weighted by Gasteiger charge is 2.35. The number of aliphatic carboxylic acids is 1. The van der Waals surface area contributed by atoms with Crippen molar-refractivity contribution in [3.05, 3.63) is 167 Å². The van der Waals surface area contributed by atoms with E-state index in [1.807, 2.05) is 83.8 Å². The Hall–Kier alpha value is -6.10. The molecular weight excluding hydrogens is 775 g/mol. The van der Waals surface area contributed by atoms with E-state index in [0.29, 0.717) is 56.8 Å². The Balaban J connectivity index is 0.965. The summed E-state index contributed by atoms with van der Waals surface area (Å²) in [7, 11) is 0. The van der Waals surface area contributed by atoms with Crippen LogP contribution in [0.15, 0.2) is 133 Å². The van der Waals surface area contributed by atoms with E-state index in [2.05, 4.69) is 58.4 Å². The van der Waals surface area contributed by atoms with Crippen molar-refractivity contribution in [1.29, 1.82) is 0 Å². The molecule has 7 rings (SSSR count). The van der Waals surface area contributed by atoms with Gasteiger partial charge in [0.25, 0.3) is 5.91 Å². The number of carboxylic acid groups (broad SMARTS) is 1. The van der Waals surface area contributed by atoms with E-state index < -0.39 is 24.1 Å². The molecule has 322 valence electrons. The summed E-state index contributed by atoms with van der Waals surface area (Å²) in [5.74, 6) is -1.42. The van der Waals surface area contributed by atoms with Gasteiger partial charge in [0.05, 0.1) is 12.1 Å². The molecule has 1 fully saturated rings. The lowest BCUT2D eigenvalue weighted by atomic mass is 9.84. The lowest BCUT2D eigenvalue weighted by molar-refractivity contribution is -0.142. The standard InChI is InChI=1S/C52H59N5O5/c53-46(30-39-22-26-42(27-23-39)49(58)54-29-28-36-20-24-41(25-21-36)40-16-8-3-9-17-40)51(60)57-35-44-19-11-10-18-43(44)33-45(57)34-55-47(31-37-12-4-1-5-13-37)50(59)56-48(52(61)62)32-38-14-6-2-7-15-38/h2-3,6-11,14-27,37,45-48,55H,1,4-5,12-13,28-35,53H2,(H,54,58)(H,56,59)(H,61,62)/t45-,46-,47-,48-/m0/s1. The van der Waals surface area contributed by atoms with Gasteiger partial charge in [-0.15, -0.1) is 0 Å². The van der Waals surface area contributed by atoms with Gasteiger partial charge in [-0.25, -0.2) is 4.79 Å². The van der Waals surface area contributed by atoms with E-state index in [1.54, 1.807) is 12.1 Å². The molecule has 5 aromatic rings. The van der Waals surface area contributed by atoms with E-state index in [-0.39, 0.29) is 30.2 Å². The summed E-state index contributed by atoms with van der Waals surface area (Å²) in [4.78, 5) is 55.5. The van der Waals surface area contributed by atoms with E-state index in [0.717, 1.165) is 59.1 Å². The first-order valence-corrected chi connectivity index (χ1v) is 22.1. The summed E-state index contributed by atoms with van der Waals surface area (Å²) in [5, 5.41) is 19.5.